The third-order valence-corrected chi connectivity index (χ3v) is 4.10. The monoisotopic (exact) mass is 369 g/mol. The first-order valence-electron chi connectivity index (χ1n) is 8.34. The van der Waals surface area contributed by atoms with Crippen molar-refractivity contribution < 1.29 is 9.72 Å². The lowest BCUT2D eigenvalue weighted by molar-refractivity contribution is -0.385. The maximum atomic E-state index is 12.3. The number of aryl methyl sites for hydroxylation is 1. The van der Waals surface area contributed by atoms with Gasteiger partial charge in [0.1, 0.15) is 18.7 Å². The molecule has 2 aromatic heterocycles. The molecular formula is C17H19N7O3. The largest absolute Gasteiger partial charge is 0.306 e. The molecule has 0 aliphatic heterocycles. The average molecular weight is 369 g/mol. The van der Waals surface area contributed by atoms with Crippen LogP contribution in [0.3, 0.4) is 0 Å². The van der Waals surface area contributed by atoms with Crippen molar-refractivity contribution in [3.8, 4) is 0 Å². The van der Waals surface area contributed by atoms with E-state index in [9.17, 15) is 14.9 Å². The number of carbonyl (C=O) groups excluding carboxylic acids is 1. The van der Waals surface area contributed by atoms with Gasteiger partial charge in [0.2, 0.25) is 11.9 Å². The van der Waals surface area contributed by atoms with Crippen LogP contribution in [0.5, 0.6) is 0 Å². The van der Waals surface area contributed by atoms with Crippen LogP contribution in [0, 0.1) is 23.0 Å². The van der Waals surface area contributed by atoms with Crippen LogP contribution >= 0.6 is 0 Å². The fraction of sp³-hybridized carbons (Fsp3) is 0.294. The zero-order valence-electron chi connectivity index (χ0n) is 14.9. The number of rotatable bonds is 7. The third-order valence-electron chi connectivity index (χ3n) is 4.10. The Labute approximate surface area is 155 Å². The van der Waals surface area contributed by atoms with Crippen molar-refractivity contribution in [2.45, 2.75) is 26.9 Å². The number of nitrogens with zero attached hydrogens (tertiary/aromatic N) is 6. The van der Waals surface area contributed by atoms with Gasteiger partial charge >= 0.3 is 5.69 Å². The molecule has 1 amide bonds. The molecule has 1 atom stereocenters. The molecule has 0 spiro atoms. The van der Waals surface area contributed by atoms with Gasteiger partial charge in [0.25, 0.3) is 0 Å². The molecule has 10 nitrogen and oxygen atoms in total. The molecule has 3 aromatic rings. The number of nitro groups is 1. The van der Waals surface area contributed by atoms with Crippen LogP contribution in [0.2, 0.25) is 0 Å². The molecule has 0 saturated heterocycles. The van der Waals surface area contributed by atoms with E-state index in [1.165, 1.54) is 10.9 Å². The van der Waals surface area contributed by atoms with E-state index in [0.717, 1.165) is 17.3 Å². The molecule has 2 heterocycles. The van der Waals surface area contributed by atoms with Gasteiger partial charge in [-0.1, -0.05) is 31.2 Å². The fourth-order valence-electron chi connectivity index (χ4n) is 2.53. The Balaban J connectivity index is 1.58. The van der Waals surface area contributed by atoms with E-state index in [-0.39, 0.29) is 24.1 Å². The van der Waals surface area contributed by atoms with Gasteiger partial charge in [-0.25, -0.2) is 9.67 Å². The van der Waals surface area contributed by atoms with E-state index in [2.05, 4.69) is 20.5 Å². The van der Waals surface area contributed by atoms with Gasteiger partial charge in [-0.3, -0.25) is 24.9 Å². The molecule has 0 bridgehead atoms. The van der Waals surface area contributed by atoms with Crippen molar-refractivity contribution in [2.75, 3.05) is 5.32 Å². The maximum absolute atomic E-state index is 12.3. The summed E-state index contributed by atoms with van der Waals surface area (Å²) in [6.45, 7) is 4.50. The Morgan fingerprint density at radius 1 is 1.33 bits per heavy atom. The Kier molecular flexibility index (Phi) is 5.25. The van der Waals surface area contributed by atoms with Crippen molar-refractivity contribution >= 4 is 17.5 Å². The first kappa shape index (κ1) is 18.2. The highest BCUT2D eigenvalue weighted by Gasteiger charge is 2.18. The number of aromatic nitrogens is 5. The van der Waals surface area contributed by atoms with Gasteiger partial charge in [-0.05, 0) is 18.1 Å². The van der Waals surface area contributed by atoms with Crippen LogP contribution in [-0.4, -0.2) is 35.4 Å². The minimum Gasteiger partial charge on any atom is -0.293 e. The number of anilines is 1. The second-order valence-electron chi connectivity index (χ2n) is 6.26. The SMILES string of the molecule is Cc1ccccc1Cn1cnc(NC(=O)C(C)Cn2cc([N+](=O)[O-])cn2)n1. The Morgan fingerprint density at radius 3 is 2.81 bits per heavy atom. The Hall–Kier alpha value is -3.56. The van der Waals surface area contributed by atoms with Crippen LogP contribution in [0.1, 0.15) is 18.1 Å². The van der Waals surface area contributed by atoms with Crippen molar-refractivity contribution in [3.63, 3.8) is 0 Å². The summed E-state index contributed by atoms with van der Waals surface area (Å²) >= 11 is 0. The van der Waals surface area contributed by atoms with E-state index in [0.29, 0.717) is 6.54 Å². The topological polar surface area (TPSA) is 121 Å². The first-order valence-corrected chi connectivity index (χ1v) is 8.34. The van der Waals surface area contributed by atoms with E-state index in [1.54, 1.807) is 17.9 Å². The number of hydrogen-bond donors (Lipinski definition) is 1. The van der Waals surface area contributed by atoms with E-state index >= 15 is 0 Å². The second-order valence-corrected chi connectivity index (χ2v) is 6.26. The standard InChI is InChI=1S/C17H19N7O3/c1-12-5-3-4-6-14(12)9-23-11-18-17(21-23)20-16(25)13(2)8-22-10-15(7-19-22)24(26)27/h3-7,10-11,13H,8-9H2,1-2H3,(H,20,21,25). The summed E-state index contributed by atoms with van der Waals surface area (Å²) in [6, 6.07) is 7.97. The summed E-state index contributed by atoms with van der Waals surface area (Å²) in [5.41, 5.74) is 2.16. The number of amides is 1. The maximum Gasteiger partial charge on any atom is 0.306 e. The smallest absolute Gasteiger partial charge is 0.293 e. The van der Waals surface area contributed by atoms with E-state index < -0.39 is 10.8 Å². The minimum atomic E-state index is -0.529. The molecule has 0 fully saturated rings. The van der Waals surface area contributed by atoms with Crippen LogP contribution in [-0.2, 0) is 17.9 Å². The first-order chi connectivity index (χ1) is 12.9. The second kappa shape index (κ2) is 7.77. The summed E-state index contributed by atoms with van der Waals surface area (Å²) < 4.78 is 3.02. The zero-order valence-corrected chi connectivity index (χ0v) is 14.9. The summed E-state index contributed by atoms with van der Waals surface area (Å²) in [6.07, 6.45) is 4.00. The highest BCUT2D eigenvalue weighted by Crippen LogP contribution is 2.12. The number of benzene rings is 1. The van der Waals surface area contributed by atoms with Crippen molar-refractivity contribution in [2.24, 2.45) is 5.92 Å². The molecule has 3 rings (SSSR count). The highest BCUT2D eigenvalue weighted by atomic mass is 16.6. The Bertz CT molecular complexity index is 963. The molecule has 0 saturated carbocycles. The summed E-state index contributed by atoms with van der Waals surface area (Å²) in [5, 5.41) is 21.5. The van der Waals surface area contributed by atoms with Crippen molar-refractivity contribution in [1.29, 1.82) is 0 Å². The van der Waals surface area contributed by atoms with E-state index in [4.69, 9.17) is 0 Å². The number of hydrogen-bond acceptors (Lipinski definition) is 6. The molecule has 1 N–H and O–H groups in total. The fourth-order valence-corrected chi connectivity index (χ4v) is 2.53. The van der Waals surface area contributed by atoms with Crippen molar-refractivity contribution in [1.82, 2.24) is 24.5 Å². The van der Waals surface area contributed by atoms with E-state index in [1.807, 2.05) is 31.2 Å². The Morgan fingerprint density at radius 2 is 2.11 bits per heavy atom. The zero-order chi connectivity index (χ0) is 19.4. The number of nitrogens with one attached hydrogen (secondary N) is 1. The van der Waals surface area contributed by atoms with Crippen LogP contribution in [0.15, 0.2) is 43.0 Å². The van der Waals surface area contributed by atoms with Crippen LogP contribution in [0.4, 0.5) is 11.6 Å². The van der Waals surface area contributed by atoms with Gasteiger partial charge in [-0.15, -0.1) is 5.10 Å². The molecule has 1 unspecified atom stereocenters. The lowest BCUT2D eigenvalue weighted by atomic mass is 10.1. The quantitative estimate of drug-likeness (QED) is 0.502. The summed E-state index contributed by atoms with van der Waals surface area (Å²) in [4.78, 5) is 26.6. The third kappa shape index (κ3) is 4.54. The van der Waals surface area contributed by atoms with Gasteiger partial charge in [0, 0.05) is 0 Å². The van der Waals surface area contributed by atoms with Gasteiger partial charge in [0.05, 0.1) is 23.9 Å². The van der Waals surface area contributed by atoms with Gasteiger partial charge < -0.3 is 0 Å². The molecule has 0 aliphatic carbocycles. The number of carbonyl (C=O) groups is 1. The normalized spacial score (nSPS) is 11.9. The molecule has 10 heteroatoms. The predicted molar refractivity (Wildman–Crippen MR) is 97.0 cm³/mol. The molecule has 140 valence electrons. The highest BCUT2D eigenvalue weighted by molar-refractivity contribution is 5.90. The van der Waals surface area contributed by atoms with Crippen LogP contribution in [0.25, 0.3) is 0 Å². The van der Waals surface area contributed by atoms with Crippen molar-refractivity contribution in [3.05, 3.63) is 64.2 Å². The molecule has 0 aliphatic rings. The predicted octanol–water partition coefficient (Wildman–Crippen LogP) is 2.01. The minimum absolute atomic E-state index is 0.112. The molecular weight excluding hydrogens is 350 g/mol. The van der Waals surface area contributed by atoms with Gasteiger partial charge in [0.15, 0.2) is 0 Å². The molecule has 27 heavy (non-hydrogen) atoms. The lowest BCUT2D eigenvalue weighted by Crippen LogP contribution is -2.25. The summed E-state index contributed by atoms with van der Waals surface area (Å²) in [7, 11) is 0. The molecule has 0 radical (unpaired) electrons. The summed E-state index contributed by atoms with van der Waals surface area (Å²) in [5.74, 6) is -0.540. The lowest BCUT2D eigenvalue weighted by Gasteiger charge is -2.10. The van der Waals surface area contributed by atoms with Crippen LogP contribution < -0.4 is 5.32 Å². The van der Waals surface area contributed by atoms with Gasteiger partial charge in [-0.2, -0.15) is 5.10 Å². The average Bonchev–Trinajstić information content (AvgIpc) is 3.26. The molecule has 1 aromatic carbocycles.